The molecule has 1 unspecified atom stereocenters. The van der Waals surface area contributed by atoms with Gasteiger partial charge in [0.05, 0.1) is 11.3 Å². The fraction of sp³-hybridized carbons (Fsp3) is 0.278. The monoisotopic (exact) mass is 309 g/mol. The number of rotatable bonds is 4. The highest BCUT2D eigenvalue weighted by Gasteiger charge is 2.14. The second-order valence-corrected chi connectivity index (χ2v) is 6.03. The highest BCUT2D eigenvalue weighted by molar-refractivity contribution is 5.89. The Hall–Kier alpha value is -2.69. The first kappa shape index (κ1) is 15.2. The highest BCUT2D eigenvalue weighted by atomic mass is 16.4. The Bertz CT molecular complexity index is 787. The molecule has 0 saturated carbocycles. The number of nitrogens with zero attached hydrogens (tertiary/aromatic N) is 3. The zero-order valence-corrected chi connectivity index (χ0v) is 13.2. The van der Waals surface area contributed by atoms with Crippen molar-refractivity contribution in [3.8, 4) is 11.4 Å². The van der Waals surface area contributed by atoms with Crippen LogP contribution in [0.15, 0.2) is 48.8 Å². The first-order valence-electron chi connectivity index (χ1n) is 7.68. The van der Waals surface area contributed by atoms with Crippen molar-refractivity contribution >= 4 is 11.7 Å². The number of carboxylic acid groups (broad SMARTS) is 1. The van der Waals surface area contributed by atoms with E-state index >= 15 is 0 Å². The third-order valence-electron chi connectivity index (χ3n) is 4.09. The topological polar surface area (TPSA) is 68.0 Å². The Labute approximate surface area is 135 Å². The van der Waals surface area contributed by atoms with Gasteiger partial charge in [0.2, 0.25) is 0 Å². The Kier molecular flexibility index (Phi) is 4.10. The van der Waals surface area contributed by atoms with E-state index in [4.69, 9.17) is 5.11 Å². The van der Waals surface area contributed by atoms with Crippen LogP contribution in [0.4, 0.5) is 0 Å². The standard InChI is InChI=1S/C18H19N3O2/c1-12(2)13-6-8-16(9-7-13)21-11-19-17(20-21)14-4-3-5-15(10-14)18(22)23/h3-6,8-13H,7H2,1-2H3,(H,22,23). The van der Waals surface area contributed by atoms with E-state index in [0.29, 0.717) is 23.2 Å². The van der Waals surface area contributed by atoms with E-state index in [9.17, 15) is 4.79 Å². The summed E-state index contributed by atoms with van der Waals surface area (Å²) in [6, 6.07) is 6.65. The van der Waals surface area contributed by atoms with Gasteiger partial charge in [-0.15, -0.1) is 5.10 Å². The van der Waals surface area contributed by atoms with E-state index < -0.39 is 5.97 Å². The number of aromatic carboxylic acids is 1. The molecule has 0 fully saturated rings. The van der Waals surface area contributed by atoms with Gasteiger partial charge in [-0.05, 0) is 36.5 Å². The lowest BCUT2D eigenvalue weighted by Crippen LogP contribution is -2.09. The van der Waals surface area contributed by atoms with Crippen LogP contribution in [0.3, 0.4) is 0 Å². The first-order chi connectivity index (χ1) is 11.0. The molecule has 5 nitrogen and oxygen atoms in total. The number of hydrogen-bond acceptors (Lipinski definition) is 3. The van der Waals surface area contributed by atoms with Gasteiger partial charge < -0.3 is 5.11 Å². The molecule has 2 aromatic rings. The lowest BCUT2D eigenvalue weighted by Gasteiger charge is -2.19. The minimum atomic E-state index is -0.955. The minimum absolute atomic E-state index is 0.232. The molecule has 0 aliphatic heterocycles. The molecule has 1 aliphatic carbocycles. The molecule has 0 spiro atoms. The van der Waals surface area contributed by atoms with Crippen LogP contribution in [0.5, 0.6) is 0 Å². The SMILES string of the molecule is CC(C)C1C=CC(n2cnc(-c3cccc(C(=O)O)c3)n2)=CC1. The fourth-order valence-corrected chi connectivity index (χ4v) is 2.60. The lowest BCUT2D eigenvalue weighted by atomic mass is 9.89. The van der Waals surface area contributed by atoms with Gasteiger partial charge in [0.1, 0.15) is 6.33 Å². The second-order valence-electron chi connectivity index (χ2n) is 6.03. The molecule has 1 atom stereocenters. The van der Waals surface area contributed by atoms with E-state index in [0.717, 1.165) is 12.1 Å². The maximum absolute atomic E-state index is 11.1. The molecular weight excluding hydrogens is 290 g/mol. The summed E-state index contributed by atoms with van der Waals surface area (Å²) < 4.78 is 1.73. The van der Waals surface area contributed by atoms with Gasteiger partial charge in [-0.2, -0.15) is 0 Å². The van der Waals surface area contributed by atoms with Crippen LogP contribution in [-0.4, -0.2) is 25.8 Å². The smallest absolute Gasteiger partial charge is 0.335 e. The largest absolute Gasteiger partial charge is 0.478 e. The first-order valence-corrected chi connectivity index (χ1v) is 7.68. The maximum atomic E-state index is 11.1. The molecule has 1 aromatic carbocycles. The molecule has 0 amide bonds. The normalized spacial score (nSPS) is 17.3. The predicted molar refractivity (Wildman–Crippen MR) is 88.8 cm³/mol. The van der Waals surface area contributed by atoms with Crippen LogP contribution in [-0.2, 0) is 0 Å². The molecule has 1 heterocycles. The van der Waals surface area contributed by atoms with E-state index in [1.807, 2.05) is 6.07 Å². The van der Waals surface area contributed by atoms with Crippen molar-refractivity contribution in [3.05, 3.63) is 54.4 Å². The van der Waals surface area contributed by atoms with Crippen molar-refractivity contribution in [1.82, 2.24) is 14.8 Å². The summed E-state index contributed by atoms with van der Waals surface area (Å²) in [5, 5.41) is 13.5. The second kappa shape index (κ2) is 6.20. The van der Waals surface area contributed by atoms with Crippen molar-refractivity contribution in [1.29, 1.82) is 0 Å². The number of allylic oxidation sites excluding steroid dienone is 4. The molecule has 0 radical (unpaired) electrons. The van der Waals surface area contributed by atoms with E-state index in [1.54, 1.807) is 29.2 Å². The zero-order chi connectivity index (χ0) is 16.4. The zero-order valence-electron chi connectivity index (χ0n) is 13.2. The molecular formula is C18H19N3O2. The minimum Gasteiger partial charge on any atom is -0.478 e. The van der Waals surface area contributed by atoms with Crippen LogP contribution >= 0.6 is 0 Å². The summed E-state index contributed by atoms with van der Waals surface area (Å²) in [7, 11) is 0. The van der Waals surface area contributed by atoms with Crippen LogP contribution in [0, 0.1) is 11.8 Å². The third kappa shape index (κ3) is 3.23. The molecule has 1 aromatic heterocycles. The van der Waals surface area contributed by atoms with Crippen molar-refractivity contribution in [2.24, 2.45) is 11.8 Å². The van der Waals surface area contributed by atoms with Gasteiger partial charge in [0.15, 0.2) is 5.82 Å². The summed E-state index contributed by atoms with van der Waals surface area (Å²) >= 11 is 0. The summed E-state index contributed by atoms with van der Waals surface area (Å²) in [6.07, 6.45) is 9.10. The van der Waals surface area contributed by atoms with Crippen molar-refractivity contribution in [2.75, 3.05) is 0 Å². The summed E-state index contributed by atoms with van der Waals surface area (Å²) in [6.45, 7) is 4.44. The Morgan fingerprint density at radius 3 is 2.87 bits per heavy atom. The number of carbonyl (C=O) groups is 1. The molecule has 3 rings (SSSR count). The van der Waals surface area contributed by atoms with Crippen LogP contribution < -0.4 is 0 Å². The van der Waals surface area contributed by atoms with Crippen molar-refractivity contribution in [2.45, 2.75) is 20.3 Å². The number of carboxylic acids is 1. The molecule has 118 valence electrons. The van der Waals surface area contributed by atoms with Gasteiger partial charge in [-0.3, -0.25) is 0 Å². The predicted octanol–water partition coefficient (Wildman–Crippen LogP) is 3.72. The van der Waals surface area contributed by atoms with Gasteiger partial charge >= 0.3 is 5.97 Å². The van der Waals surface area contributed by atoms with Crippen LogP contribution in [0.2, 0.25) is 0 Å². The van der Waals surface area contributed by atoms with Crippen molar-refractivity contribution in [3.63, 3.8) is 0 Å². The van der Waals surface area contributed by atoms with Gasteiger partial charge in [0, 0.05) is 5.56 Å². The fourth-order valence-electron chi connectivity index (χ4n) is 2.60. The van der Waals surface area contributed by atoms with Gasteiger partial charge in [-0.25, -0.2) is 14.5 Å². The van der Waals surface area contributed by atoms with Gasteiger partial charge in [-0.1, -0.05) is 38.1 Å². The number of aromatic nitrogens is 3. The summed E-state index contributed by atoms with van der Waals surface area (Å²) in [5.74, 6) is 0.750. The van der Waals surface area contributed by atoms with Gasteiger partial charge in [0.25, 0.3) is 0 Å². The molecule has 0 saturated heterocycles. The highest BCUT2D eigenvalue weighted by Crippen LogP contribution is 2.25. The van der Waals surface area contributed by atoms with E-state index in [1.165, 1.54) is 0 Å². The third-order valence-corrected chi connectivity index (χ3v) is 4.09. The average molecular weight is 309 g/mol. The summed E-state index contributed by atoms with van der Waals surface area (Å²) in [4.78, 5) is 15.4. The number of hydrogen-bond donors (Lipinski definition) is 1. The quantitative estimate of drug-likeness (QED) is 0.934. The lowest BCUT2D eigenvalue weighted by molar-refractivity contribution is 0.0697. The van der Waals surface area contributed by atoms with E-state index in [2.05, 4.69) is 42.2 Å². The molecule has 23 heavy (non-hydrogen) atoms. The average Bonchev–Trinajstić information content (AvgIpc) is 3.05. The van der Waals surface area contributed by atoms with Crippen LogP contribution in [0.1, 0.15) is 30.6 Å². The van der Waals surface area contributed by atoms with E-state index in [-0.39, 0.29) is 5.56 Å². The molecule has 1 aliphatic rings. The Balaban J connectivity index is 1.83. The maximum Gasteiger partial charge on any atom is 0.335 e. The molecule has 5 heteroatoms. The number of benzene rings is 1. The van der Waals surface area contributed by atoms with Crippen molar-refractivity contribution < 1.29 is 9.90 Å². The van der Waals surface area contributed by atoms with Crippen LogP contribution in [0.25, 0.3) is 17.1 Å². The Morgan fingerprint density at radius 2 is 2.22 bits per heavy atom. The Morgan fingerprint density at radius 1 is 1.39 bits per heavy atom. The molecule has 1 N–H and O–H groups in total. The molecule has 0 bridgehead atoms. The summed E-state index contributed by atoms with van der Waals surface area (Å²) in [5.41, 5.74) is 1.93.